The summed E-state index contributed by atoms with van der Waals surface area (Å²) in [7, 11) is 0. The first-order valence-corrected chi connectivity index (χ1v) is 9.10. The average Bonchev–Trinajstić information content (AvgIpc) is 2.68. The van der Waals surface area contributed by atoms with Gasteiger partial charge in [0.2, 0.25) is 11.8 Å². The number of carbonyl (C=O) groups is 3. The lowest BCUT2D eigenvalue weighted by atomic mass is 10.1. The number of rotatable bonds is 4. The molecule has 146 valence electrons. The number of amides is 3. The highest BCUT2D eigenvalue weighted by Crippen LogP contribution is 2.33. The zero-order valence-electron chi connectivity index (χ0n) is 16.1. The summed E-state index contributed by atoms with van der Waals surface area (Å²) in [6, 6.07) is 14.0. The van der Waals surface area contributed by atoms with Gasteiger partial charge in [-0.15, -0.1) is 0 Å². The summed E-state index contributed by atoms with van der Waals surface area (Å²) in [5, 5.41) is 5.58. The van der Waals surface area contributed by atoms with Gasteiger partial charge in [0.25, 0.3) is 5.91 Å². The van der Waals surface area contributed by atoms with Crippen molar-refractivity contribution in [2.24, 2.45) is 5.92 Å². The number of anilines is 3. The van der Waals surface area contributed by atoms with Crippen LogP contribution in [0.15, 0.2) is 48.5 Å². The predicted molar refractivity (Wildman–Crippen MR) is 107 cm³/mol. The van der Waals surface area contributed by atoms with Gasteiger partial charge in [-0.2, -0.15) is 0 Å². The number of fused-ring (bicyclic) bond motifs is 1. The van der Waals surface area contributed by atoms with Crippen molar-refractivity contribution in [1.82, 2.24) is 0 Å². The number of benzene rings is 2. The summed E-state index contributed by atoms with van der Waals surface area (Å²) in [4.78, 5) is 37.9. The highest BCUT2D eigenvalue weighted by Gasteiger charge is 2.32. The van der Waals surface area contributed by atoms with Gasteiger partial charge < -0.3 is 20.3 Å². The average molecular weight is 381 g/mol. The van der Waals surface area contributed by atoms with E-state index in [-0.39, 0.29) is 30.2 Å². The van der Waals surface area contributed by atoms with Crippen LogP contribution in [-0.2, 0) is 14.4 Å². The van der Waals surface area contributed by atoms with Gasteiger partial charge in [0.1, 0.15) is 5.75 Å². The SMILES string of the molecule is CC(=O)N1CC(C(=O)Nc2ccc(NC(=O)C(C)C)cc2)Oc2ccccc21. The Morgan fingerprint density at radius 2 is 1.61 bits per heavy atom. The Hall–Kier alpha value is -3.35. The Kier molecular flexibility index (Phi) is 5.63. The number of nitrogens with one attached hydrogen (secondary N) is 2. The van der Waals surface area contributed by atoms with Crippen LogP contribution in [0.1, 0.15) is 20.8 Å². The van der Waals surface area contributed by atoms with Crippen LogP contribution in [0.3, 0.4) is 0 Å². The third kappa shape index (κ3) is 4.31. The number of carbonyl (C=O) groups excluding carboxylic acids is 3. The molecule has 28 heavy (non-hydrogen) atoms. The first-order valence-electron chi connectivity index (χ1n) is 9.10. The smallest absolute Gasteiger partial charge is 0.267 e. The molecule has 0 radical (unpaired) electrons. The van der Waals surface area contributed by atoms with E-state index in [4.69, 9.17) is 4.74 Å². The van der Waals surface area contributed by atoms with Crippen molar-refractivity contribution in [3.05, 3.63) is 48.5 Å². The summed E-state index contributed by atoms with van der Waals surface area (Å²) >= 11 is 0. The van der Waals surface area contributed by atoms with Gasteiger partial charge in [-0.3, -0.25) is 14.4 Å². The molecule has 7 nitrogen and oxygen atoms in total. The monoisotopic (exact) mass is 381 g/mol. The molecule has 2 aromatic rings. The van der Waals surface area contributed by atoms with E-state index in [0.717, 1.165) is 0 Å². The maximum atomic E-state index is 12.7. The third-order valence-electron chi connectivity index (χ3n) is 4.39. The molecule has 0 fully saturated rings. The van der Waals surface area contributed by atoms with Gasteiger partial charge in [-0.05, 0) is 36.4 Å². The predicted octanol–water partition coefficient (Wildman–Crippen LogP) is 3.03. The molecule has 1 unspecified atom stereocenters. The molecule has 7 heteroatoms. The van der Waals surface area contributed by atoms with Crippen LogP contribution in [0.4, 0.5) is 17.1 Å². The van der Waals surface area contributed by atoms with Gasteiger partial charge in [0.15, 0.2) is 6.10 Å². The molecule has 0 aliphatic carbocycles. The molecule has 2 aromatic carbocycles. The summed E-state index contributed by atoms with van der Waals surface area (Å²) in [5.41, 5.74) is 1.89. The van der Waals surface area contributed by atoms with Gasteiger partial charge >= 0.3 is 0 Å². The maximum Gasteiger partial charge on any atom is 0.267 e. The van der Waals surface area contributed by atoms with Gasteiger partial charge in [0, 0.05) is 24.2 Å². The second kappa shape index (κ2) is 8.12. The molecule has 0 spiro atoms. The third-order valence-corrected chi connectivity index (χ3v) is 4.39. The minimum Gasteiger partial charge on any atom is -0.476 e. The van der Waals surface area contributed by atoms with E-state index < -0.39 is 6.10 Å². The molecule has 1 heterocycles. The van der Waals surface area contributed by atoms with Gasteiger partial charge in [0.05, 0.1) is 12.2 Å². The van der Waals surface area contributed by atoms with Crippen molar-refractivity contribution in [3.63, 3.8) is 0 Å². The fourth-order valence-electron chi connectivity index (χ4n) is 2.82. The lowest BCUT2D eigenvalue weighted by Gasteiger charge is -2.33. The van der Waals surface area contributed by atoms with Crippen LogP contribution < -0.4 is 20.3 Å². The normalized spacial score (nSPS) is 15.4. The number of nitrogens with zero attached hydrogens (tertiary/aromatic N) is 1. The van der Waals surface area contributed by atoms with Crippen molar-refractivity contribution in [1.29, 1.82) is 0 Å². The highest BCUT2D eigenvalue weighted by atomic mass is 16.5. The van der Waals surface area contributed by atoms with Gasteiger partial charge in [-0.1, -0.05) is 26.0 Å². The van der Waals surface area contributed by atoms with Crippen molar-refractivity contribution in [3.8, 4) is 5.75 Å². The quantitative estimate of drug-likeness (QED) is 0.852. The summed E-state index contributed by atoms with van der Waals surface area (Å²) in [6.07, 6.45) is -0.820. The molecule has 2 N–H and O–H groups in total. The van der Waals surface area contributed by atoms with E-state index in [1.54, 1.807) is 42.5 Å². The van der Waals surface area contributed by atoms with Crippen molar-refractivity contribution >= 4 is 34.8 Å². The Labute approximate surface area is 163 Å². The van der Waals surface area contributed by atoms with E-state index in [0.29, 0.717) is 22.8 Å². The van der Waals surface area contributed by atoms with Crippen LogP contribution in [-0.4, -0.2) is 30.4 Å². The Balaban J connectivity index is 1.68. The topological polar surface area (TPSA) is 87.7 Å². The van der Waals surface area contributed by atoms with Crippen LogP contribution >= 0.6 is 0 Å². The summed E-state index contributed by atoms with van der Waals surface area (Å²) < 4.78 is 5.79. The number of hydrogen-bond donors (Lipinski definition) is 2. The molecular weight excluding hydrogens is 358 g/mol. The van der Waals surface area contributed by atoms with Crippen LogP contribution in [0.5, 0.6) is 5.75 Å². The molecule has 1 aliphatic rings. The van der Waals surface area contributed by atoms with Crippen LogP contribution in [0.2, 0.25) is 0 Å². The molecule has 1 aliphatic heterocycles. The molecular formula is C21H23N3O4. The minimum atomic E-state index is -0.820. The molecule has 0 bridgehead atoms. The molecule has 0 saturated carbocycles. The van der Waals surface area contributed by atoms with Crippen molar-refractivity contribution in [2.45, 2.75) is 26.9 Å². The zero-order valence-corrected chi connectivity index (χ0v) is 16.1. The van der Waals surface area contributed by atoms with E-state index in [1.165, 1.54) is 11.8 Å². The fourth-order valence-corrected chi connectivity index (χ4v) is 2.82. The van der Waals surface area contributed by atoms with E-state index in [2.05, 4.69) is 10.6 Å². The zero-order chi connectivity index (χ0) is 20.3. The Bertz CT molecular complexity index is 893. The Morgan fingerprint density at radius 1 is 1.00 bits per heavy atom. The fraction of sp³-hybridized carbons (Fsp3) is 0.286. The number of ether oxygens (including phenoxy) is 1. The largest absolute Gasteiger partial charge is 0.476 e. The van der Waals surface area contributed by atoms with E-state index in [9.17, 15) is 14.4 Å². The molecule has 1 atom stereocenters. The van der Waals surface area contributed by atoms with Gasteiger partial charge in [-0.25, -0.2) is 0 Å². The second-order valence-electron chi connectivity index (χ2n) is 6.91. The van der Waals surface area contributed by atoms with E-state index >= 15 is 0 Å². The summed E-state index contributed by atoms with van der Waals surface area (Å²) in [6.45, 7) is 5.23. The van der Waals surface area contributed by atoms with Crippen LogP contribution in [0, 0.1) is 5.92 Å². The van der Waals surface area contributed by atoms with Crippen molar-refractivity contribution in [2.75, 3.05) is 22.1 Å². The molecule has 0 saturated heterocycles. The van der Waals surface area contributed by atoms with Crippen molar-refractivity contribution < 1.29 is 19.1 Å². The summed E-state index contributed by atoms with van der Waals surface area (Å²) in [5.74, 6) is -0.195. The minimum absolute atomic E-state index is 0.0737. The Morgan fingerprint density at radius 3 is 2.21 bits per heavy atom. The van der Waals surface area contributed by atoms with E-state index in [1.807, 2.05) is 19.9 Å². The number of para-hydroxylation sites is 2. The second-order valence-corrected chi connectivity index (χ2v) is 6.91. The first kappa shape index (κ1) is 19.4. The first-order chi connectivity index (χ1) is 13.3. The van der Waals surface area contributed by atoms with Crippen LogP contribution in [0.25, 0.3) is 0 Å². The molecule has 3 rings (SSSR count). The molecule has 3 amide bonds. The molecule has 0 aromatic heterocycles. The lowest BCUT2D eigenvalue weighted by Crippen LogP contribution is -2.48. The standard InChI is InChI=1S/C21H23N3O4/c1-13(2)20(26)22-15-8-10-16(11-9-15)23-21(27)19-12-24(14(3)25)17-6-4-5-7-18(17)28-19/h4-11,13,19H,12H2,1-3H3,(H,22,26)(H,23,27). The lowest BCUT2D eigenvalue weighted by molar-refractivity contribution is -0.123. The maximum absolute atomic E-state index is 12.7. The number of hydrogen-bond acceptors (Lipinski definition) is 4. The highest BCUT2D eigenvalue weighted by molar-refractivity contribution is 5.99.